The summed E-state index contributed by atoms with van der Waals surface area (Å²) in [7, 11) is 0. The summed E-state index contributed by atoms with van der Waals surface area (Å²) in [6.07, 6.45) is 5.39. The Hall–Kier alpha value is -0.0800. The summed E-state index contributed by atoms with van der Waals surface area (Å²) in [5.41, 5.74) is 0.245. The van der Waals surface area contributed by atoms with Crippen LogP contribution in [0.25, 0.3) is 0 Å². The van der Waals surface area contributed by atoms with Crippen molar-refractivity contribution in [2.75, 3.05) is 13.1 Å². The van der Waals surface area contributed by atoms with E-state index in [4.69, 9.17) is 0 Å². The normalized spacial score (nSPS) is 24.9. The minimum absolute atomic E-state index is 0.245. The van der Waals surface area contributed by atoms with Crippen LogP contribution in [-0.2, 0) is 0 Å². The van der Waals surface area contributed by atoms with Crippen LogP contribution in [0.15, 0.2) is 0 Å². The van der Waals surface area contributed by atoms with Gasteiger partial charge in [-0.1, -0.05) is 13.3 Å². The number of rotatable bonds is 5. The first-order chi connectivity index (χ1) is 7.44. The molecule has 2 heteroatoms. The van der Waals surface area contributed by atoms with Crippen LogP contribution in [0.3, 0.4) is 0 Å². The van der Waals surface area contributed by atoms with Gasteiger partial charge in [0.2, 0.25) is 0 Å². The highest BCUT2D eigenvalue weighted by atomic mass is 15.2. The van der Waals surface area contributed by atoms with Gasteiger partial charge in [-0.2, -0.15) is 0 Å². The van der Waals surface area contributed by atoms with Gasteiger partial charge in [-0.25, -0.2) is 0 Å². The van der Waals surface area contributed by atoms with Gasteiger partial charge in [0.25, 0.3) is 0 Å². The van der Waals surface area contributed by atoms with Gasteiger partial charge >= 0.3 is 0 Å². The van der Waals surface area contributed by atoms with Crippen molar-refractivity contribution in [2.24, 2.45) is 0 Å². The highest BCUT2D eigenvalue weighted by Gasteiger charge is 2.27. The Labute approximate surface area is 102 Å². The third-order valence-electron chi connectivity index (χ3n) is 3.56. The van der Waals surface area contributed by atoms with E-state index in [9.17, 15) is 0 Å². The van der Waals surface area contributed by atoms with Gasteiger partial charge in [0.05, 0.1) is 0 Å². The van der Waals surface area contributed by atoms with Crippen molar-refractivity contribution >= 4 is 0 Å². The van der Waals surface area contributed by atoms with Gasteiger partial charge in [-0.15, -0.1) is 0 Å². The van der Waals surface area contributed by atoms with E-state index in [-0.39, 0.29) is 5.54 Å². The lowest BCUT2D eigenvalue weighted by molar-refractivity contribution is 0.166. The first-order valence-electron chi connectivity index (χ1n) is 6.95. The molecule has 2 atom stereocenters. The molecule has 16 heavy (non-hydrogen) atoms. The van der Waals surface area contributed by atoms with Crippen LogP contribution in [0.5, 0.6) is 0 Å². The van der Waals surface area contributed by atoms with Gasteiger partial charge in [-0.3, -0.25) is 4.90 Å². The smallest absolute Gasteiger partial charge is 0.0223 e. The number of likely N-dealkylation sites (tertiary alicyclic amines) is 1. The molecule has 0 aromatic heterocycles. The molecule has 2 nitrogen and oxygen atoms in total. The fourth-order valence-corrected chi connectivity index (χ4v) is 2.64. The molecule has 1 heterocycles. The molecular formula is C14H30N2. The molecule has 1 aliphatic rings. The second kappa shape index (κ2) is 6.02. The predicted octanol–water partition coefficient (Wildman–Crippen LogP) is 3.03. The zero-order chi connectivity index (χ0) is 12.2. The molecule has 1 fully saturated rings. The van der Waals surface area contributed by atoms with E-state index in [2.05, 4.69) is 44.8 Å². The Kier molecular flexibility index (Phi) is 5.26. The standard InChI is InChI=1S/C14H30N2/c1-6-8-13(11-15-14(3,4)5)16-10-7-9-12(16)2/h12-13,15H,6-11H2,1-5H3. The van der Waals surface area contributed by atoms with Crippen molar-refractivity contribution in [3.05, 3.63) is 0 Å². The fourth-order valence-electron chi connectivity index (χ4n) is 2.64. The summed E-state index contributed by atoms with van der Waals surface area (Å²) in [6.45, 7) is 13.9. The molecule has 0 bridgehead atoms. The van der Waals surface area contributed by atoms with Crippen LogP contribution >= 0.6 is 0 Å². The maximum Gasteiger partial charge on any atom is 0.0223 e. The van der Waals surface area contributed by atoms with E-state index in [0.717, 1.165) is 18.6 Å². The van der Waals surface area contributed by atoms with Gasteiger partial charge in [-0.05, 0) is 53.5 Å². The maximum atomic E-state index is 3.66. The van der Waals surface area contributed by atoms with E-state index in [1.54, 1.807) is 0 Å². The SMILES string of the molecule is CCCC(CNC(C)(C)C)N1CCCC1C. The van der Waals surface area contributed by atoms with Crippen LogP contribution in [0, 0.1) is 0 Å². The van der Waals surface area contributed by atoms with Crippen LogP contribution in [0.4, 0.5) is 0 Å². The zero-order valence-electron chi connectivity index (χ0n) is 11.8. The van der Waals surface area contributed by atoms with E-state index in [1.165, 1.54) is 32.2 Å². The molecule has 1 N–H and O–H groups in total. The molecule has 0 spiro atoms. The highest BCUT2D eigenvalue weighted by Crippen LogP contribution is 2.21. The van der Waals surface area contributed by atoms with Crippen molar-refractivity contribution in [3.8, 4) is 0 Å². The highest BCUT2D eigenvalue weighted by molar-refractivity contribution is 4.85. The zero-order valence-corrected chi connectivity index (χ0v) is 11.8. The first kappa shape index (κ1) is 14.0. The Balaban J connectivity index is 2.46. The Morgan fingerprint density at radius 2 is 2.06 bits per heavy atom. The van der Waals surface area contributed by atoms with Gasteiger partial charge in [0.15, 0.2) is 0 Å². The average Bonchev–Trinajstić information content (AvgIpc) is 2.57. The summed E-state index contributed by atoms with van der Waals surface area (Å²) in [5.74, 6) is 0. The summed E-state index contributed by atoms with van der Waals surface area (Å²) in [6, 6.07) is 1.53. The lowest BCUT2D eigenvalue weighted by Gasteiger charge is -2.34. The van der Waals surface area contributed by atoms with Crippen molar-refractivity contribution < 1.29 is 0 Å². The van der Waals surface area contributed by atoms with E-state index < -0.39 is 0 Å². The van der Waals surface area contributed by atoms with Crippen molar-refractivity contribution in [2.45, 2.75) is 77.9 Å². The van der Waals surface area contributed by atoms with Crippen LogP contribution in [0.1, 0.15) is 60.3 Å². The van der Waals surface area contributed by atoms with Crippen LogP contribution in [-0.4, -0.2) is 35.6 Å². The molecule has 1 rings (SSSR count). The quantitative estimate of drug-likeness (QED) is 0.775. The van der Waals surface area contributed by atoms with E-state index in [0.29, 0.717) is 0 Å². The Bertz CT molecular complexity index is 195. The van der Waals surface area contributed by atoms with Crippen molar-refractivity contribution in [3.63, 3.8) is 0 Å². The molecular weight excluding hydrogens is 196 g/mol. The van der Waals surface area contributed by atoms with Crippen LogP contribution in [0.2, 0.25) is 0 Å². The predicted molar refractivity (Wildman–Crippen MR) is 71.9 cm³/mol. The summed E-state index contributed by atoms with van der Waals surface area (Å²) in [4.78, 5) is 2.71. The summed E-state index contributed by atoms with van der Waals surface area (Å²) < 4.78 is 0. The molecule has 1 aliphatic heterocycles. The van der Waals surface area contributed by atoms with Crippen LogP contribution < -0.4 is 5.32 Å². The van der Waals surface area contributed by atoms with Crippen molar-refractivity contribution in [1.29, 1.82) is 0 Å². The van der Waals surface area contributed by atoms with E-state index >= 15 is 0 Å². The Morgan fingerprint density at radius 3 is 2.50 bits per heavy atom. The second-order valence-electron chi connectivity index (χ2n) is 6.30. The summed E-state index contributed by atoms with van der Waals surface area (Å²) in [5, 5.41) is 3.66. The lowest BCUT2D eigenvalue weighted by Crippen LogP contribution is -2.48. The van der Waals surface area contributed by atoms with Gasteiger partial charge in [0, 0.05) is 24.2 Å². The largest absolute Gasteiger partial charge is 0.311 e. The molecule has 0 aromatic carbocycles. The minimum atomic E-state index is 0.245. The average molecular weight is 226 g/mol. The fraction of sp³-hybridized carbons (Fsp3) is 1.00. The number of hydrogen-bond donors (Lipinski definition) is 1. The third kappa shape index (κ3) is 4.42. The molecule has 96 valence electrons. The first-order valence-corrected chi connectivity index (χ1v) is 6.95. The summed E-state index contributed by atoms with van der Waals surface area (Å²) >= 11 is 0. The maximum absolute atomic E-state index is 3.66. The lowest BCUT2D eigenvalue weighted by atomic mass is 10.1. The second-order valence-corrected chi connectivity index (χ2v) is 6.30. The molecule has 0 aromatic rings. The molecule has 1 saturated heterocycles. The number of nitrogens with zero attached hydrogens (tertiary/aromatic N) is 1. The topological polar surface area (TPSA) is 15.3 Å². The van der Waals surface area contributed by atoms with Crippen molar-refractivity contribution in [1.82, 2.24) is 10.2 Å². The monoisotopic (exact) mass is 226 g/mol. The minimum Gasteiger partial charge on any atom is -0.311 e. The number of nitrogens with one attached hydrogen (secondary N) is 1. The molecule has 0 radical (unpaired) electrons. The molecule has 2 unspecified atom stereocenters. The third-order valence-corrected chi connectivity index (χ3v) is 3.56. The van der Waals surface area contributed by atoms with Gasteiger partial charge in [0.1, 0.15) is 0 Å². The molecule has 0 saturated carbocycles. The molecule has 0 amide bonds. The Morgan fingerprint density at radius 1 is 1.38 bits per heavy atom. The van der Waals surface area contributed by atoms with Gasteiger partial charge < -0.3 is 5.32 Å². The molecule has 0 aliphatic carbocycles. The van der Waals surface area contributed by atoms with E-state index in [1.807, 2.05) is 0 Å². The number of hydrogen-bond acceptors (Lipinski definition) is 2.